The highest BCUT2D eigenvalue weighted by atomic mass is 16.3. The predicted molar refractivity (Wildman–Crippen MR) is 49.2 cm³/mol. The molecule has 0 radical (unpaired) electrons. The van der Waals surface area contributed by atoms with E-state index in [1.165, 1.54) is 0 Å². The second kappa shape index (κ2) is 3.16. The van der Waals surface area contributed by atoms with E-state index in [0.717, 1.165) is 11.3 Å². The van der Waals surface area contributed by atoms with Crippen molar-refractivity contribution in [3.05, 3.63) is 36.3 Å². The lowest BCUT2D eigenvalue weighted by Gasteiger charge is -2.06. The average molecular weight is 177 g/mol. The van der Waals surface area contributed by atoms with E-state index in [-0.39, 0.29) is 12.6 Å². The molecule has 2 heterocycles. The minimum absolute atomic E-state index is 0.0668. The fraction of sp³-hybridized carbons (Fsp3) is 0.222. The summed E-state index contributed by atoms with van der Waals surface area (Å²) < 4.78 is 1.88. The van der Waals surface area contributed by atoms with Crippen molar-refractivity contribution in [2.24, 2.45) is 5.73 Å². The highest BCUT2D eigenvalue weighted by Crippen LogP contribution is 2.11. The maximum atomic E-state index is 8.90. The number of aromatic nitrogens is 2. The zero-order chi connectivity index (χ0) is 9.26. The molecule has 0 bridgehead atoms. The molecule has 0 aromatic carbocycles. The smallest absolute Gasteiger partial charge is 0.136 e. The first kappa shape index (κ1) is 8.22. The van der Waals surface area contributed by atoms with Crippen LogP contribution in [0.15, 0.2) is 30.6 Å². The van der Waals surface area contributed by atoms with E-state index < -0.39 is 0 Å². The molecule has 13 heavy (non-hydrogen) atoms. The van der Waals surface area contributed by atoms with Crippen LogP contribution in [0.25, 0.3) is 5.65 Å². The monoisotopic (exact) mass is 177 g/mol. The molecule has 68 valence electrons. The number of hydrogen-bond acceptors (Lipinski definition) is 3. The molecule has 0 saturated heterocycles. The standard InChI is InChI=1S/C9H11N3O/c10-7(6-13)8-5-11-9-3-1-2-4-12(8)9/h1-5,7,13H,6,10H2. The quantitative estimate of drug-likeness (QED) is 0.694. The normalized spacial score (nSPS) is 13.4. The Hall–Kier alpha value is -1.39. The van der Waals surface area contributed by atoms with Gasteiger partial charge in [0.15, 0.2) is 0 Å². The number of rotatable bonds is 2. The Kier molecular flexibility index (Phi) is 2.00. The first-order valence-corrected chi connectivity index (χ1v) is 4.11. The number of nitrogens with two attached hydrogens (primary N) is 1. The molecule has 4 heteroatoms. The Morgan fingerprint density at radius 1 is 1.54 bits per heavy atom. The van der Waals surface area contributed by atoms with Crippen molar-refractivity contribution in [1.82, 2.24) is 9.38 Å². The van der Waals surface area contributed by atoms with Crippen LogP contribution in [0.2, 0.25) is 0 Å². The van der Waals surface area contributed by atoms with Gasteiger partial charge in [0.25, 0.3) is 0 Å². The minimum atomic E-state index is -0.364. The zero-order valence-electron chi connectivity index (χ0n) is 7.09. The van der Waals surface area contributed by atoms with E-state index in [2.05, 4.69) is 4.98 Å². The van der Waals surface area contributed by atoms with E-state index in [9.17, 15) is 0 Å². The van der Waals surface area contributed by atoms with Crippen molar-refractivity contribution in [2.45, 2.75) is 6.04 Å². The number of pyridine rings is 1. The van der Waals surface area contributed by atoms with Crippen LogP contribution in [0.1, 0.15) is 11.7 Å². The van der Waals surface area contributed by atoms with Gasteiger partial charge in [0.2, 0.25) is 0 Å². The molecular formula is C9H11N3O. The largest absolute Gasteiger partial charge is 0.394 e. The Labute approximate surface area is 75.6 Å². The third kappa shape index (κ3) is 1.30. The number of aliphatic hydroxyl groups is 1. The number of aliphatic hydroxyl groups excluding tert-OH is 1. The summed E-state index contributed by atoms with van der Waals surface area (Å²) in [6.07, 6.45) is 3.57. The van der Waals surface area contributed by atoms with Gasteiger partial charge in [0.05, 0.1) is 24.5 Å². The van der Waals surface area contributed by atoms with Gasteiger partial charge in [-0.15, -0.1) is 0 Å². The summed E-state index contributed by atoms with van der Waals surface area (Å²) >= 11 is 0. The molecule has 3 N–H and O–H groups in total. The Balaban J connectivity index is 2.57. The first-order chi connectivity index (χ1) is 6.33. The summed E-state index contributed by atoms with van der Waals surface area (Å²) in [6, 6.07) is 5.35. The molecule has 0 aliphatic rings. The van der Waals surface area contributed by atoms with Gasteiger partial charge in [0, 0.05) is 6.20 Å². The highest BCUT2D eigenvalue weighted by Gasteiger charge is 2.09. The molecule has 1 atom stereocenters. The van der Waals surface area contributed by atoms with Gasteiger partial charge in [-0.05, 0) is 12.1 Å². The molecule has 0 spiro atoms. The van der Waals surface area contributed by atoms with E-state index >= 15 is 0 Å². The molecule has 0 saturated carbocycles. The summed E-state index contributed by atoms with van der Waals surface area (Å²) in [6.45, 7) is -0.0668. The van der Waals surface area contributed by atoms with Gasteiger partial charge in [-0.1, -0.05) is 6.07 Å². The predicted octanol–water partition coefficient (Wildman–Crippen LogP) is 0.326. The number of imidazole rings is 1. The van der Waals surface area contributed by atoms with Crippen LogP contribution in [-0.2, 0) is 0 Å². The Morgan fingerprint density at radius 3 is 3.15 bits per heavy atom. The number of fused-ring (bicyclic) bond motifs is 1. The lowest BCUT2D eigenvalue weighted by atomic mass is 10.2. The van der Waals surface area contributed by atoms with Gasteiger partial charge in [-0.3, -0.25) is 0 Å². The van der Waals surface area contributed by atoms with Crippen molar-refractivity contribution in [2.75, 3.05) is 6.61 Å². The third-order valence-electron chi connectivity index (χ3n) is 2.02. The Morgan fingerprint density at radius 2 is 2.38 bits per heavy atom. The lowest BCUT2D eigenvalue weighted by Crippen LogP contribution is -2.16. The molecule has 1 unspecified atom stereocenters. The second-order valence-electron chi connectivity index (χ2n) is 2.90. The van der Waals surface area contributed by atoms with Crippen molar-refractivity contribution < 1.29 is 5.11 Å². The SMILES string of the molecule is NC(CO)c1cnc2ccccn12. The summed E-state index contributed by atoms with van der Waals surface area (Å²) in [7, 11) is 0. The zero-order valence-corrected chi connectivity index (χ0v) is 7.09. The van der Waals surface area contributed by atoms with E-state index in [1.807, 2.05) is 28.8 Å². The molecule has 2 aromatic rings. The van der Waals surface area contributed by atoms with Crippen molar-refractivity contribution in [1.29, 1.82) is 0 Å². The molecule has 4 nitrogen and oxygen atoms in total. The summed E-state index contributed by atoms with van der Waals surface area (Å²) in [5.41, 5.74) is 7.37. The molecule has 0 fully saturated rings. The van der Waals surface area contributed by atoms with Gasteiger partial charge >= 0.3 is 0 Å². The molecule has 2 rings (SSSR count). The molecule has 0 amide bonds. The van der Waals surface area contributed by atoms with Crippen molar-refractivity contribution in [3.8, 4) is 0 Å². The van der Waals surface area contributed by atoms with E-state index in [4.69, 9.17) is 10.8 Å². The van der Waals surface area contributed by atoms with Crippen LogP contribution in [-0.4, -0.2) is 21.1 Å². The van der Waals surface area contributed by atoms with Gasteiger partial charge in [0.1, 0.15) is 5.65 Å². The fourth-order valence-electron chi connectivity index (χ4n) is 1.32. The number of hydrogen-bond donors (Lipinski definition) is 2. The van der Waals surface area contributed by atoms with Crippen LogP contribution < -0.4 is 5.73 Å². The van der Waals surface area contributed by atoms with Crippen LogP contribution >= 0.6 is 0 Å². The summed E-state index contributed by atoms with van der Waals surface area (Å²) in [4.78, 5) is 4.16. The van der Waals surface area contributed by atoms with Crippen LogP contribution in [0.4, 0.5) is 0 Å². The third-order valence-corrected chi connectivity index (χ3v) is 2.02. The maximum absolute atomic E-state index is 8.90. The average Bonchev–Trinajstić information content (AvgIpc) is 2.60. The summed E-state index contributed by atoms with van der Waals surface area (Å²) in [5.74, 6) is 0. The summed E-state index contributed by atoms with van der Waals surface area (Å²) in [5, 5.41) is 8.90. The second-order valence-corrected chi connectivity index (χ2v) is 2.90. The molecule has 0 aliphatic heterocycles. The lowest BCUT2D eigenvalue weighted by molar-refractivity contribution is 0.265. The fourth-order valence-corrected chi connectivity index (χ4v) is 1.32. The molecule has 2 aromatic heterocycles. The van der Waals surface area contributed by atoms with Crippen molar-refractivity contribution in [3.63, 3.8) is 0 Å². The van der Waals surface area contributed by atoms with E-state index in [1.54, 1.807) is 6.20 Å². The van der Waals surface area contributed by atoms with Gasteiger partial charge in [-0.25, -0.2) is 4.98 Å². The van der Waals surface area contributed by atoms with Crippen LogP contribution in [0.5, 0.6) is 0 Å². The maximum Gasteiger partial charge on any atom is 0.136 e. The van der Waals surface area contributed by atoms with Gasteiger partial charge in [-0.2, -0.15) is 0 Å². The van der Waals surface area contributed by atoms with Gasteiger partial charge < -0.3 is 15.2 Å². The Bertz CT molecular complexity index is 410. The van der Waals surface area contributed by atoms with Crippen LogP contribution in [0, 0.1) is 0 Å². The van der Waals surface area contributed by atoms with E-state index in [0.29, 0.717) is 0 Å². The highest BCUT2D eigenvalue weighted by molar-refractivity contribution is 5.40. The molecular weight excluding hydrogens is 166 g/mol. The number of nitrogens with zero attached hydrogens (tertiary/aromatic N) is 2. The van der Waals surface area contributed by atoms with Crippen molar-refractivity contribution >= 4 is 5.65 Å². The molecule has 0 aliphatic carbocycles. The minimum Gasteiger partial charge on any atom is -0.394 e. The topological polar surface area (TPSA) is 63.5 Å². The van der Waals surface area contributed by atoms with Crippen LogP contribution in [0.3, 0.4) is 0 Å². The first-order valence-electron chi connectivity index (χ1n) is 4.11.